The Bertz CT molecular complexity index is 816. The molecule has 1 aromatic heterocycles. The van der Waals surface area contributed by atoms with Gasteiger partial charge in [0.2, 0.25) is 0 Å². The summed E-state index contributed by atoms with van der Waals surface area (Å²) < 4.78 is 44.2. The lowest BCUT2D eigenvalue weighted by Gasteiger charge is -2.33. The molecule has 27 heavy (non-hydrogen) atoms. The number of nitrogens with one attached hydrogen (secondary N) is 1. The Morgan fingerprint density at radius 3 is 2.89 bits per heavy atom. The number of hydrogen-bond acceptors (Lipinski definition) is 3. The van der Waals surface area contributed by atoms with Crippen LogP contribution in [0.25, 0.3) is 0 Å². The van der Waals surface area contributed by atoms with Crippen LogP contribution < -0.4 is 10.1 Å². The lowest BCUT2D eigenvalue weighted by molar-refractivity contribution is -0.137. The number of ether oxygens (including phenoxy) is 1. The highest BCUT2D eigenvalue weighted by Crippen LogP contribution is 2.31. The van der Waals surface area contributed by atoms with Crippen molar-refractivity contribution in [3.63, 3.8) is 0 Å². The third-order valence-electron chi connectivity index (χ3n) is 4.14. The Kier molecular flexibility index (Phi) is 5.74. The smallest absolute Gasteiger partial charge is 0.416 e. The summed E-state index contributed by atoms with van der Waals surface area (Å²) in [5, 5.41) is 2.89. The zero-order valence-electron chi connectivity index (χ0n) is 14.2. The fraction of sp³-hybridized carbons (Fsp3) is 0.333. The van der Waals surface area contributed by atoms with Crippen molar-refractivity contribution in [2.24, 2.45) is 0 Å². The number of aromatic nitrogens is 1. The van der Waals surface area contributed by atoms with Crippen LogP contribution in [0.2, 0.25) is 5.02 Å². The van der Waals surface area contributed by atoms with Gasteiger partial charge in [-0.2, -0.15) is 13.2 Å². The van der Waals surface area contributed by atoms with E-state index in [1.807, 2.05) is 0 Å². The number of likely N-dealkylation sites (tertiary alicyclic amines) is 1. The molecule has 9 heteroatoms. The molecule has 1 aliphatic rings. The summed E-state index contributed by atoms with van der Waals surface area (Å²) in [5.41, 5.74) is -0.720. The average Bonchev–Trinajstić information content (AvgIpc) is 2.63. The molecule has 0 saturated carbocycles. The second-order valence-electron chi connectivity index (χ2n) is 6.14. The van der Waals surface area contributed by atoms with E-state index in [1.165, 1.54) is 23.2 Å². The van der Waals surface area contributed by atoms with Gasteiger partial charge in [-0.15, -0.1) is 0 Å². The van der Waals surface area contributed by atoms with Crippen molar-refractivity contribution in [3.05, 3.63) is 53.3 Å². The molecule has 1 aliphatic heterocycles. The number of rotatable bonds is 3. The van der Waals surface area contributed by atoms with E-state index >= 15 is 0 Å². The Balaban J connectivity index is 1.63. The molecule has 0 radical (unpaired) electrons. The second kappa shape index (κ2) is 8.04. The first-order chi connectivity index (χ1) is 12.8. The van der Waals surface area contributed by atoms with Crippen LogP contribution in [0.3, 0.4) is 0 Å². The zero-order valence-corrected chi connectivity index (χ0v) is 14.9. The minimum atomic E-state index is -4.46. The lowest BCUT2D eigenvalue weighted by Crippen LogP contribution is -2.46. The van der Waals surface area contributed by atoms with Crippen LogP contribution in [-0.2, 0) is 6.18 Å². The number of anilines is 1. The number of carbonyl (C=O) groups excluding carboxylic acids is 1. The van der Waals surface area contributed by atoms with Crippen molar-refractivity contribution in [3.8, 4) is 5.75 Å². The van der Waals surface area contributed by atoms with Crippen LogP contribution in [0.5, 0.6) is 5.75 Å². The maximum atomic E-state index is 12.8. The van der Waals surface area contributed by atoms with Crippen LogP contribution in [0.15, 0.2) is 42.7 Å². The normalized spacial score (nSPS) is 17.5. The van der Waals surface area contributed by atoms with Crippen LogP contribution in [0, 0.1) is 0 Å². The Hall–Kier alpha value is -2.48. The van der Waals surface area contributed by atoms with E-state index in [2.05, 4.69) is 10.3 Å². The zero-order chi connectivity index (χ0) is 19.4. The summed E-state index contributed by atoms with van der Waals surface area (Å²) in [4.78, 5) is 17.8. The van der Waals surface area contributed by atoms with E-state index in [0.29, 0.717) is 30.3 Å². The van der Waals surface area contributed by atoms with Gasteiger partial charge < -0.3 is 15.0 Å². The first-order valence-electron chi connectivity index (χ1n) is 8.32. The van der Waals surface area contributed by atoms with Crippen molar-refractivity contribution in [2.45, 2.75) is 25.1 Å². The molecule has 5 nitrogen and oxygen atoms in total. The summed E-state index contributed by atoms with van der Waals surface area (Å²) in [6.45, 7) is 0.804. The molecule has 1 unspecified atom stereocenters. The summed E-state index contributed by atoms with van der Waals surface area (Å²) in [6, 6.07) is 5.71. The molecule has 1 atom stereocenters. The van der Waals surface area contributed by atoms with Gasteiger partial charge in [0, 0.05) is 30.7 Å². The standard InChI is InChI=1S/C18H17ClF3N3O2/c19-15-10-23-7-6-16(15)27-14-5-2-8-25(11-14)17(26)24-13-4-1-3-12(9-13)18(20,21)22/h1,3-4,6-7,9-10,14H,2,5,8,11H2,(H,24,26). The van der Waals surface area contributed by atoms with Crippen LogP contribution in [-0.4, -0.2) is 35.1 Å². The molecular weight excluding hydrogens is 383 g/mol. The predicted octanol–water partition coefficient (Wildman–Crippen LogP) is 4.83. The minimum Gasteiger partial charge on any atom is -0.487 e. The van der Waals surface area contributed by atoms with Crippen LogP contribution in [0.4, 0.5) is 23.7 Å². The number of amides is 2. The summed E-state index contributed by atoms with van der Waals surface area (Å²) >= 11 is 6.03. The van der Waals surface area contributed by atoms with Crippen molar-refractivity contribution in [2.75, 3.05) is 18.4 Å². The van der Waals surface area contributed by atoms with E-state index < -0.39 is 17.8 Å². The molecular formula is C18H17ClF3N3O2. The molecule has 0 aliphatic carbocycles. The highest BCUT2D eigenvalue weighted by molar-refractivity contribution is 6.31. The molecule has 1 aromatic carbocycles. The molecule has 2 amide bonds. The molecule has 0 spiro atoms. The second-order valence-corrected chi connectivity index (χ2v) is 6.55. The van der Waals surface area contributed by atoms with Gasteiger partial charge in [0.25, 0.3) is 0 Å². The molecule has 1 fully saturated rings. The topological polar surface area (TPSA) is 54.5 Å². The van der Waals surface area contributed by atoms with Crippen molar-refractivity contribution >= 4 is 23.3 Å². The highest BCUT2D eigenvalue weighted by Gasteiger charge is 2.31. The van der Waals surface area contributed by atoms with Crippen molar-refractivity contribution < 1.29 is 22.7 Å². The lowest BCUT2D eigenvalue weighted by atomic mass is 10.1. The van der Waals surface area contributed by atoms with Gasteiger partial charge >= 0.3 is 12.2 Å². The summed E-state index contributed by atoms with van der Waals surface area (Å²) in [7, 11) is 0. The van der Waals surface area contributed by atoms with Crippen LogP contribution >= 0.6 is 11.6 Å². The molecule has 2 aromatic rings. The predicted molar refractivity (Wildman–Crippen MR) is 94.9 cm³/mol. The third-order valence-corrected chi connectivity index (χ3v) is 4.42. The maximum Gasteiger partial charge on any atom is 0.416 e. The van der Waals surface area contributed by atoms with E-state index in [-0.39, 0.29) is 11.8 Å². The molecule has 1 N–H and O–H groups in total. The quantitative estimate of drug-likeness (QED) is 0.804. The molecule has 1 saturated heterocycles. The number of nitrogens with zero attached hydrogens (tertiary/aromatic N) is 2. The molecule has 2 heterocycles. The van der Waals surface area contributed by atoms with Gasteiger partial charge in [-0.25, -0.2) is 4.79 Å². The minimum absolute atomic E-state index is 0.0926. The van der Waals surface area contributed by atoms with E-state index in [0.717, 1.165) is 18.6 Å². The monoisotopic (exact) mass is 399 g/mol. The first-order valence-corrected chi connectivity index (χ1v) is 8.70. The SMILES string of the molecule is O=C(Nc1cccc(C(F)(F)F)c1)N1CCCC(Oc2ccncc2Cl)C1. The number of hydrogen-bond donors (Lipinski definition) is 1. The van der Waals surface area contributed by atoms with Gasteiger partial charge in [0.05, 0.1) is 12.1 Å². The Labute approximate surface area is 159 Å². The largest absolute Gasteiger partial charge is 0.487 e. The Morgan fingerprint density at radius 1 is 1.33 bits per heavy atom. The van der Waals surface area contributed by atoms with Gasteiger partial charge in [0.1, 0.15) is 16.9 Å². The van der Waals surface area contributed by atoms with Crippen LogP contribution in [0.1, 0.15) is 18.4 Å². The van der Waals surface area contributed by atoms with Gasteiger partial charge in [-0.3, -0.25) is 4.98 Å². The van der Waals surface area contributed by atoms with Gasteiger partial charge in [-0.05, 0) is 31.0 Å². The van der Waals surface area contributed by atoms with E-state index in [9.17, 15) is 18.0 Å². The number of urea groups is 1. The molecule has 144 valence electrons. The number of alkyl halides is 3. The number of benzene rings is 1. The number of pyridine rings is 1. The number of piperidine rings is 1. The van der Waals surface area contributed by atoms with Crippen molar-refractivity contribution in [1.29, 1.82) is 0 Å². The van der Waals surface area contributed by atoms with Crippen molar-refractivity contribution in [1.82, 2.24) is 9.88 Å². The van der Waals surface area contributed by atoms with E-state index in [4.69, 9.17) is 16.3 Å². The summed E-state index contributed by atoms with van der Waals surface area (Å²) in [6.07, 6.45) is -0.241. The number of carbonyl (C=O) groups is 1. The maximum absolute atomic E-state index is 12.8. The molecule has 3 rings (SSSR count). The summed E-state index contributed by atoms with van der Waals surface area (Å²) in [5.74, 6) is 0.483. The third kappa shape index (κ3) is 5.03. The Morgan fingerprint density at radius 2 is 2.15 bits per heavy atom. The average molecular weight is 400 g/mol. The fourth-order valence-electron chi connectivity index (χ4n) is 2.83. The van der Waals surface area contributed by atoms with E-state index in [1.54, 1.807) is 12.3 Å². The fourth-order valence-corrected chi connectivity index (χ4v) is 3.00. The van der Waals surface area contributed by atoms with Gasteiger partial charge in [0.15, 0.2) is 0 Å². The molecule has 0 bridgehead atoms. The highest BCUT2D eigenvalue weighted by atomic mass is 35.5. The first kappa shape index (κ1) is 19.3. The van der Waals surface area contributed by atoms with Gasteiger partial charge in [-0.1, -0.05) is 17.7 Å². The number of halogens is 4.